The molecule has 2 N–H and O–H groups in total. The van der Waals surface area contributed by atoms with Crippen LogP contribution in [0.25, 0.3) is 0 Å². The van der Waals surface area contributed by atoms with Crippen molar-refractivity contribution in [3.05, 3.63) is 35.6 Å². The lowest BCUT2D eigenvalue weighted by atomic mass is 9.90. The van der Waals surface area contributed by atoms with Crippen LogP contribution in [-0.2, 0) is 11.2 Å². The average molecular weight is 321 g/mol. The summed E-state index contributed by atoms with van der Waals surface area (Å²) in [6.45, 7) is 4.17. The van der Waals surface area contributed by atoms with Gasteiger partial charge in [0, 0.05) is 6.54 Å². The molecule has 6 heteroatoms. The van der Waals surface area contributed by atoms with Crippen molar-refractivity contribution in [3.63, 3.8) is 0 Å². The second-order valence-corrected chi connectivity index (χ2v) is 5.96. The summed E-state index contributed by atoms with van der Waals surface area (Å²) in [5.74, 6) is 0.0426. The van der Waals surface area contributed by atoms with Gasteiger partial charge in [-0.1, -0.05) is 12.1 Å². The van der Waals surface area contributed by atoms with Gasteiger partial charge in [0.1, 0.15) is 5.82 Å². The Bertz CT molecular complexity index is 542. The lowest BCUT2D eigenvalue weighted by Gasteiger charge is -2.31. The zero-order valence-electron chi connectivity index (χ0n) is 13.5. The number of carbonyl (C=O) groups is 2. The van der Waals surface area contributed by atoms with E-state index in [0.717, 1.165) is 37.9 Å². The van der Waals surface area contributed by atoms with Gasteiger partial charge in [-0.3, -0.25) is 15.0 Å². The molecule has 0 unspecified atom stereocenters. The largest absolute Gasteiger partial charge is 0.338 e. The second kappa shape index (κ2) is 8.62. The number of imide groups is 1. The van der Waals surface area contributed by atoms with Crippen LogP contribution >= 0.6 is 0 Å². The highest BCUT2D eigenvalue weighted by atomic mass is 19.1. The van der Waals surface area contributed by atoms with Crippen LogP contribution in [0.4, 0.5) is 9.18 Å². The van der Waals surface area contributed by atoms with Gasteiger partial charge in [-0.2, -0.15) is 0 Å². The van der Waals surface area contributed by atoms with E-state index in [0.29, 0.717) is 12.5 Å². The summed E-state index contributed by atoms with van der Waals surface area (Å²) < 4.78 is 13.2. The third-order valence-electron chi connectivity index (χ3n) is 4.08. The number of nitrogens with zero attached hydrogens (tertiary/aromatic N) is 1. The molecule has 3 amide bonds. The zero-order chi connectivity index (χ0) is 16.7. The van der Waals surface area contributed by atoms with Crippen LogP contribution in [0, 0.1) is 11.7 Å². The lowest BCUT2D eigenvalue weighted by molar-refractivity contribution is -0.121. The van der Waals surface area contributed by atoms with Crippen LogP contribution in [0.3, 0.4) is 0 Å². The summed E-state index contributed by atoms with van der Waals surface area (Å²) in [6, 6.07) is 6.30. The highest BCUT2D eigenvalue weighted by Crippen LogP contribution is 2.21. The summed E-state index contributed by atoms with van der Waals surface area (Å²) >= 11 is 0. The van der Waals surface area contributed by atoms with Crippen molar-refractivity contribution in [1.82, 2.24) is 15.5 Å². The molecule has 1 saturated heterocycles. The van der Waals surface area contributed by atoms with Crippen molar-refractivity contribution >= 4 is 11.9 Å². The topological polar surface area (TPSA) is 61.4 Å². The normalized spacial score (nSPS) is 16.1. The van der Waals surface area contributed by atoms with Gasteiger partial charge in [-0.15, -0.1) is 0 Å². The first-order chi connectivity index (χ1) is 11.1. The van der Waals surface area contributed by atoms with Gasteiger partial charge < -0.3 is 5.32 Å². The Balaban J connectivity index is 1.71. The highest BCUT2D eigenvalue weighted by molar-refractivity contribution is 5.95. The molecule has 0 bridgehead atoms. The van der Waals surface area contributed by atoms with Crippen LogP contribution in [0.5, 0.6) is 0 Å². The monoisotopic (exact) mass is 321 g/mol. The molecule has 1 aliphatic rings. The van der Waals surface area contributed by atoms with E-state index < -0.39 is 6.03 Å². The smallest absolute Gasteiger partial charge is 0.321 e. The number of benzene rings is 1. The van der Waals surface area contributed by atoms with Crippen molar-refractivity contribution in [2.75, 3.05) is 26.2 Å². The van der Waals surface area contributed by atoms with Gasteiger partial charge in [0.05, 0.1) is 6.54 Å². The molecule has 1 fully saturated rings. The molecular weight excluding hydrogens is 297 g/mol. The zero-order valence-corrected chi connectivity index (χ0v) is 13.5. The molecule has 126 valence electrons. The molecule has 23 heavy (non-hydrogen) atoms. The Hall–Kier alpha value is -1.95. The number of amides is 3. The van der Waals surface area contributed by atoms with E-state index in [1.807, 2.05) is 6.07 Å². The number of hydrogen-bond acceptors (Lipinski definition) is 3. The number of rotatable bonds is 5. The van der Waals surface area contributed by atoms with Crippen molar-refractivity contribution in [2.45, 2.75) is 26.2 Å². The van der Waals surface area contributed by atoms with Crippen molar-refractivity contribution in [3.8, 4) is 0 Å². The molecule has 1 heterocycles. The molecule has 0 spiro atoms. The molecule has 0 radical (unpaired) electrons. The van der Waals surface area contributed by atoms with E-state index in [2.05, 4.69) is 15.5 Å². The Labute approximate surface area is 136 Å². The first-order valence-electron chi connectivity index (χ1n) is 8.11. The molecule has 2 rings (SSSR count). The third kappa shape index (κ3) is 5.98. The minimum atomic E-state index is -0.446. The van der Waals surface area contributed by atoms with E-state index in [4.69, 9.17) is 0 Å². The average Bonchev–Trinajstić information content (AvgIpc) is 2.49. The molecule has 0 saturated carbocycles. The van der Waals surface area contributed by atoms with E-state index in [1.54, 1.807) is 19.1 Å². The third-order valence-corrected chi connectivity index (χ3v) is 4.08. The summed E-state index contributed by atoms with van der Waals surface area (Å²) in [7, 11) is 0. The quantitative estimate of drug-likeness (QED) is 0.871. The van der Waals surface area contributed by atoms with Crippen molar-refractivity contribution < 1.29 is 14.0 Å². The maximum Gasteiger partial charge on any atom is 0.321 e. The number of urea groups is 1. The summed E-state index contributed by atoms with van der Waals surface area (Å²) in [5, 5.41) is 4.85. The molecule has 0 aromatic heterocycles. The Kier molecular flexibility index (Phi) is 6.52. The molecule has 1 aliphatic heterocycles. The van der Waals surface area contributed by atoms with Gasteiger partial charge in [-0.25, -0.2) is 9.18 Å². The number of carbonyl (C=O) groups excluding carboxylic acids is 2. The van der Waals surface area contributed by atoms with Crippen LogP contribution in [-0.4, -0.2) is 43.0 Å². The molecule has 1 aromatic carbocycles. The van der Waals surface area contributed by atoms with Crippen LogP contribution in [0.15, 0.2) is 24.3 Å². The molecule has 1 aromatic rings. The van der Waals surface area contributed by atoms with Crippen LogP contribution in [0.2, 0.25) is 0 Å². The second-order valence-electron chi connectivity index (χ2n) is 5.96. The van der Waals surface area contributed by atoms with Crippen molar-refractivity contribution in [1.29, 1.82) is 0 Å². The Morgan fingerprint density at radius 1 is 1.30 bits per heavy atom. The molecule has 0 atom stereocenters. The van der Waals surface area contributed by atoms with Crippen LogP contribution < -0.4 is 10.6 Å². The summed E-state index contributed by atoms with van der Waals surface area (Å²) in [4.78, 5) is 25.1. The number of nitrogens with one attached hydrogen (secondary N) is 2. The maximum atomic E-state index is 13.2. The van der Waals surface area contributed by atoms with Crippen molar-refractivity contribution in [2.24, 2.45) is 5.92 Å². The standard InChI is InChI=1S/C17H24FN3O2/c1-2-19-17(23)20-16(22)12-21-8-6-13(7-9-21)10-14-4-3-5-15(18)11-14/h3-5,11,13H,2,6-10,12H2,1H3,(H2,19,20,22,23). The van der Waals surface area contributed by atoms with E-state index >= 15 is 0 Å². The predicted octanol–water partition coefficient (Wildman–Crippen LogP) is 1.93. The number of likely N-dealkylation sites (tertiary alicyclic amines) is 1. The van der Waals surface area contributed by atoms with Gasteiger partial charge >= 0.3 is 6.03 Å². The fourth-order valence-corrected chi connectivity index (χ4v) is 2.92. The fraction of sp³-hybridized carbons (Fsp3) is 0.529. The lowest BCUT2D eigenvalue weighted by Crippen LogP contribution is -2.46. The SMILES string of the molecule is CCNC(=O)NC(=O)CN1CCC(Cc2cccc(F)c2)CC1. The van der Waals surface area contributed by atoms with Crippen LogP contribution in [0.1, 0.15) is 25.3 Å². The first-order valence-corrected chi connectivity index (χ1v) is 8.11. The maximum absolute atomic E-state index is 13.2. The number of piperidine rings is 1. The van der Waals surface area contributed by atoms with E-state index in [-0.39, 0.29) is 18.3 Å². The molecule has 0 aliphatic carbocycles. The predicted molar refractivity (Wildman–Crippen MR) is 86.5 cm³/mol. The van der Waals surface area contributed by atoms with Gasteiger partial charge in [-0.05, 0) is 62.9 Å². The van der Waals surface area contributed by atoms with Gasteiger partial charge in [0.25, 0.3) is 0 Å². The minimum absolute atomic E-state index is 0.193. The van der Waals surface area contributed by atoms with Gasteiger partial charge in [0.2, 0.25) is 5.91 Å². The molecular formula is C17H24FN3O2. The Morgan fingerprint density at radius 3 is 2.70 bits per heavy atom. The Morgan fingerprint density at radius 2 is 2.04 bits per heavy atom. The van der Waals surface area contributed by atoms with E-state index in [1.165, 1.54) is 6.07 Å². The molecule has 5 nitrogen and oxygen atoms in total. The first kappa shape index (κ1) is 17.4. The minimum Gasteiger partial charge on any atom is -0.338 e. The summed E-state index contributed by atoms with van der Waals surface area (Å²) in [5.41, 5.74) is 1.03. The number of halogens is 1. The fourth-order valence-electron chi connectivity index (χ4n) is 2.92. The highest BCUT2D eigenvalue weighted by Gasteiger charge is 2.21. The number of hydrogen-bond donors (Lipinski definition) is 2. The van der Waals surface area contributed by atoms with Gasteiger partial charge in [0.15, 0.2) is 0 Å². The summed E-state index contributed by atoms with van der Waals surface area (Å²) in [6.07, 6.45) is 2.83. The van der Waals surface area contributed by atoms with E-state index in [9.17, 15) is 14.0 Å².